The first-order chi connectivity index (χ1) is 9.22. The minimum Gasteiger partial charge on any atom is -0.468 e. The third kappa shape index (κ3) is 3.53. The number of carbonyl (C=O) groups excluding carboxylic acids is 1. The first-order valence-electron chi connectivity index (χ1n) is 6.96. The normalized spacial score (nSPS) is 18.0. The molecule has 1 unspecified atom stereocenters. The molecular weight excluding hydrogens is 240 g/mol. The molecule has 0 amide bonds. The summed E-state index contributed by atoms with van der Waals surface area (Å²) in [6.07, 6.45) is 9.53. The van der Waals surface area contributed by atoms with Gasteiger partial charge in [-0.1, -0.05) is 19.3 Å². The number of ether oxygens (including phenoxy) is 1. The highest BCUT2D eigenvalue weighted by Crippen LogP contribution is 2.23. The van der Waals surface area contributed by atoms with Crippen molar-refractivity contribution in [3.63, 3.8) is 0 Å². The molecule has 19 heavy (non-hydrogen) atoms. The Balaban J connectivity index is 2.16. The van der Waals surface area contributed by atoms with Gasteiger partial charge < -0.3 is 4.74 Å². The van der Waals surface area contributed by atoms with Crippen molar-refractivity contribution in [2.24, 2.45) is 0 Å². The van der Waals surface area contributed by atoms with Crippen LogP contribution >= 0.6 is 0 Å². The number of pyridine rings is 1. The molecule has 1 saturated carbocycles. The van der Waals surface area contributed by atoms with Gasteiger partial charge in [0.25, 0.3) is 0 Å². The zero-order chi connectivity index (χ0) is 13.7. The van der Waals surface area contributed by atoms with E-state index in [4.69, 9.17) is 4.74 Å². The molecule has 4 heteroatoms. The standard InChI is InChI=1S/C15H22N2O2/c1-11-8-9-16-10-13(11)14(15(18)19-2)17-12-6-4-3-5-7-12/h8-10,12,14,17H,3-7H2,1-2H3. The number of nitrogens with zero attached hydrogens (tertiary/aromatic N) is 1. The van der Waals surface area contributed by atoms with Gasteiger partial charge in [-0.15, -0.1) is 0 Å². The van der Waals surface area contributed by atoms with E-state index in [0.717, 1.165) is 24.0 Å². The number of hydrogen-bond acceptors (Lipinski definition) is 4. The van der Waals surface area contributed by atoms with Crippen molar-refractivity contribution in [1.29, 1.82) is 0 Å². The van der Waals surface area contributed by atoms with Gasteiger partial charge in [-0.3, -0.25) is 10.3 Å². The Morgan fingerprint density at radius 2 is 2.16 bits per heavy atom. The summed E-state index contributed by atoms with van der Waals surface area (Å²) < 4.78 is 4.93. The van der Waals surface area contributed by atoms with Gasteiger partial charge in [0.1, 0.15) is 6.04 Å². The minimum atomic E-state index is -0.401. The lowest BCUT2D eigenvalue weighted by molar-refractivity contribution is -0.143. The van der Waals surface area contributed by atoms with Gasteiger partial charge in [0.15, 0.2) is 0 Å². The monoisotopic (exact) mass is 262 g/mol. The largest absolute Gasteiger partial charge is 0.468 e. The molecule has 2 rings (SSSR count). The van der Waals surface area contributed by atoms with Crippen LogP contribution in [0.25, 0.3) is 0 Å². The Morgan fingerprint density at radius 1 is 1.42 bits per heavy atom. The molecule has 0 bridgehead atoms. The van der Waals surface area contributed by atoms with Crippen molar-refractivity contribution >= 4 is 5.97 Å². The molecule has 4 nitrogen and oxygen atoms in total. The molecule has 0 spiro atoms. The lowest BCUT2D eigenvalue weighted by Crippen LogP contribution is -2.39. The molecule has 104 valence electrons. The SMILES string of the molecule is COC(=O)C(NC1CCCCC1)c1cnccc1C. The summed E-state index contributed by atoms with van der Waals surface area (Å²) in [6, 6.07) is 1.92. The maximum atomic E-state index is 12.0. The molecule has 1 N–H and O–H groups in total. The van der Waals surface area contributed by atoms with E-state index in [0.29, 0.717) is 6.04 Å². The lowest BCUT2D eigenvalue weighted by atomic mass is 9.93. The Bertz CT molecular complexity index is 428. The summed E-state index contributed by atoms with van der Waals surface area (Å²) >= 11 is 0. The molecular formula is C15H22N2O2. The highest BCUT2D eigenvalue weighted by molar-refractivity contribution is 5.78. The highest BCUT2D eigenvalue weighted by atomic mass is 16.5. The second-order valence-corrected chi connectivity index (χ2v) is 5.19. The molecule has 0 radical (unpaired) electrons. The molecule has 1 aliphatic carbocycles. The van der Waals surface area contributed by atoms with Gasteiger partial charge in [0.2, 0.25) is 0 Å². The van der Waals surface area contributed by atoms with Crippen LogP contribution in [-0.2, 0) is 9.53 Å². The highest BCUT2D eigenvalue weighted by Gasteiger charge is 2.26. The summed E-state index contributed by atoms with van der Waals surface area (Å²) in [5.74, 6) is -0.235. The van der Waals surface area contributed by atoms with E-state index in [1.165, 1.54) is 26.4 Å². The Morgan fingerprint density at radius 3 is 2.79 bits per heavy atom. The van der Waals surface area contributed by atoms with Crippen molar-refractivity contribution < 1.29 is 9.53 Å². The van der Waals surface area contributed by atoms with Gasteiger partial charge in [0.05, 0.1) is 7.11 Å². The van der Waals surface area contributed by atoms with Gasteiger partial charge in [-0.05, 0) is 31.4 Å². The molecule has 1 aliphatic rings. The zero-order valence-corrected chi connectivity index (χ0v) is 11.7. The average molecular weight is 262 g/mol. The van der Waals surface area contributed by atoms with Crippen molar-refractivity contribution in [3.05, 3.63) is 29.6 Å². The fourth-order valence-electron chi connectivity index (χ4n) is 2.69. The summed E-state index contributed by atoms with van der Waals surface area (Å²) in [7, 11) is 1.43. The number of rotatable bonds is 4. The van der Waals surface area contributed by atoms with Crippen LogP contribution in [0.15, 0.2) is 18.5 Å². The summed E-state index contributed by atoms with van der Waals surface area (Å²) in [5, 5.41) is 3.45. The number of carbonyl (C=O) groups is 1. The molecule has 0 aliphatic heterocycles. The summed E-state index contributed by atoms with van der Waals surface area (Å²) in [6.45, 7) is 2.00. The van der Waals surface area contributed by atoms with Crippen LogP contribution in [0.2, 0.25) is 0 Å². The third-order valence-electron chi connectivity index (χ3n) is 3.83. The Kier molecular flexibility index (Phi) is 4.91. The fraction of sp³-hybridized carbons (Fsp3) is 0.600. The first-order valence-corrected chi connectivity index (χ1v) is 6.96. The van der Waals surface area contributed by atoms with E-state index in [1.807, 2.05) is 13.0 Å². The number of methoxy groups -OCH3 is 1. The molecule has 1 heterocycles. The van der Waals surface area contributed by atoms with E-state index < -0.39 is 6.04 Å². The van der Waals surface area contributed by atoms with Crippen LogP contribution in [-0.4, -0.2) is 24.1 Å². The van der Waals surface area contributed by atoms with E-state index in [1.54, 1.807) is 12.4 Å². The zero-order valence-electron chi connectivity index (χ0n) is 11.7. The van der Waals surface area contributed by atoms with E-state index >= 15 is 0 Å². The van der Waals surface area contributed by atoms with Crippen molar-refractivity contribution in [2.75, 3.05) is 7.11 Å². The van der Waals surface area contributed by atoms with Gasteiger partial charge >= 0.3 is 5.97 Å². The molecule has 1 atom stereocenters. The van der Waals surface area contributed by atoms with Crippen molar-refractivity contribution in [1.82, 2.24) is 10.3 Å². The third-order valence-corrected chi connectivity index (χ3v) is 3.83. The quantitative estimate of drug-likeness (QED) is 0.847. The molecule has 0 aromatic carbocycles. The number of aryl methyl sites for hydroxylation is 1. The molecule has 1 aromatic rings. The topological polar surface area (TPSA) is 51.2 Å². The van der Waals surface area contributed by atoms with Gasteiger partial charge in [-0.2, -0.15) is 0 Å². The smallest absolute Gasteiger partial charge is 0.327 e. The van der Waals surface area contributed by atoms with Crippen LogP contribution in [0.1, 0.15) is 49.3 Å². The maximum absolute atomic E-state index is 12.0. The van der Waals surface area contributed by atoms with Crippen LogP contribution in [0, 0.1) is 6.92 Å². The predicted octanol–water partition coefficient (Wildman–Crippen LogP) is 2.53. The second kappa shape index (κ2) is 6.66. The number of hydrogen-bond donors (Lipinski definition) is 1. The van der Waals surface area contributed by atoms with Gasteiger partial charge in [-0.25, -0.2) is 4.79 Å². The van der Waals surface area contributed by atoms with E-state index in [9.17, 15) is 4.79 Å². The first kappa shape index (κ1) is 14.0. The van der Waals surface area contributed by atoms with Crippen LogP contribution in [0.3, 0.4) is 0 Å². The van der Waals surface area contributed by atoms with Gasteiger partial charge in [0, 0.05) is 24.0 Å². The maximum Gasteiger partial charge on any atom is 0.327 e. The molecule has 1 fully saturated rings. The minimum absolute atomic E-state index is 0.235. The van der Waals surface area contributed by atoms with Crippen LogP contribution in [0.4, 0.5) is 0 Å². The fourth-order valence-corrected chi connectivity index (χ4v) is 2.69. The average Bonchev–Trinajstić information content (AvgIpc) is 2.46. The van der Waals surface area contributed by atoms with Crippen LogP contribution < -0.4 is 5.32 Å². The Hall–Kier alpha value is -1.42. The number of aromatic nitrogens is 1. The Labute approximate surface area is 114 Å². The number of nitrogens with one attached hydrogen (secondary N) is 1. The van der Waals surface area contributed by atoms with E-state index in [-0.39, 0.29) is 5.97 Å². The molecule has 0 saturated heterocycles. The number of esters is 1. The van der Waals surface area contributed by atoms with Crippen molar-refractivity contribution in [3.8, 4) is 0 Å². The van der Waals surface area contributed by atoms with Crippen molar-refractivity contribution in [2.45, 2.75) is 51.1 Å². The summed E-state index contributed by atoms with van der Waals surface area (Å²) in [5.41, 5.74) is 1.98. The second-order valence-electron chi connectivity index (χ2n) is 5.19. The summed E-state index contributed by atoms with van der Waals surface area (Å²) in [4.78, 5) is 16.2. The van der Waals surface area contributed by atoms with E-state index in [2.05, 4.69) is 10.3 Å². The predicted molar refractivity (Wildman–Crippen MR) is 73.7 cm³/mol. The van der Waals surface area contributed by atoms with Crippen LogP contribution in [0.5, 0.6) is 0 Å². The molecule has 1 aromatic heterocycles. The lowest BCUT2D eigenvalue weighted by Gasteiger charge is -2.27.